The lowest BCUT2D eigenvalue weighted by Crippen LogP contribution is -2.27. The Hall–Kier alpha value is -1.84. The minimum Gasteiger partial charge on any atom is -0.346 e. The molecule has 1 aromatic carbocycles. The first kappa shape index (κ1) is 11.6. The standard InChI is InChI=1S/C13H17N3O/c1-4-12(17)14-9(2)13-15-10-7-5-6-8-11(10)16(13)3/h5-9H,4H2,1-3H3,(H,14,17)/t9-/m1/s1. The van der Waals surface area contributed by atoms with E-state index in [1.165, 1.54) is 0 Å². The van der Waals surface area contributed by atoms with Gasteiger partial charge in [-0.3, -0.25) is 4.79 Å². The summed E-state index contributed by atoms with van der Waals surface area (Å²) < 4.78 is 2.02. The van der Waals surface area contributed by atoms with Crippen molar-refractivity contribution in [2.24, 2.45) is 7.05 Å². The molecular formula is C13H17N3O. The van der Waals surface area contributed by atoms with Gasteiger partial charge in [-0.25, -0.2) is 4.98 Å². The van der Waals surface area contributed by atoms with Crippen molar-refractivity contribution in [3.63, 3.8) is 0 Å². The van der Waals surface area contributed by atoms with Crippen LogP contribution in [0.2, 0.25) is 0 Å². The number of carbonyl (C=O) groups is 1. The Balaban J connectivity index is 2.35. The molecule has 1 heterocycles. The van der Waals surface area contributed by atoms with E-state index in [4.69, 9.17) is 0 Å². The Morgan fingerprint density at radius 1 is 1.47 bits per heavy atom. The third-order valence-corrected chi connectivity index (χ3v) is 2.91. The molecule has 4 heteroatoms. The molecular weight excluding hydrogens is 214 g/mol. The van der Waals surface area contributed by atoms with Crippen LogP contribution in [0.1, 0.15) is 32.1 Å². The smallest absolute Gasteiger partial charge is 0.220 e. The van der Waals surface area contributed by atoms with Crippen molar-refractivity contribution < 1.29 is 4.79 Å². The molecule has 0 unspecified atom stereocenters. The van der Waals surface area contributed by atoms with Crippen LogP contribution in [0, 0.1) is 0 Å². The molecule has 0 spiro atoms. The number of nitrogens with zero attached hydrogens (tertiary/aromatic N) is 2. The normalized spacial score (nSPS) is 12.6. The van der Waals surface area contributed by atoms with E-state index >= 15 is 0 Å². The summed E-state index contributed by atoms with van der Waals surface area (Å²) in [4.78, 5) is 15.9. The second-order valence-corrected chi connectivity index (χ2v) is 4.16. The van der Waals surface area contributed by atoms with Gasteiger partial charge in [0.2, 0.25) is 5.91 Å². The van der Waals surface area contributed by atoms with E-state index < -0.39 is 0 Å². The van der Waals surface area contributed by atoms with Crippen molar-refractivity contribution >= 4 is 16.9 Å². The van der Waals surface area contributed by atoms with Crippen molar-refractivity contribution in [1.82, 2.24) is 14.9 Å². The van der Waals surface area contributed by atoms with E-state index in [9.17, 15) is 4.79 Å². The molecule has 2 aromatic rings. The van der Waals surface area contributed by atoms with Gasteiger partial charge in [-0.05, 0) is 19.1 Å². The highest BCUT2D eigenvalue weighted by Gasteiger charge is 2.15. The number of amides is 1. The molecule has 0 aliphatic carbocycles. The predicted molar refractivity (Wildman–Crippen MR) is 67.6 cm³/mol. The fraction of sp³-hybridized carbons (Fsp3) is 0.385. The zero-order valence-corrected chi connectivity index (χ0v) is 10.4. The van der Waals surface area contributed by atoms with Crippen molar-refractivity contribution in [3.05, 3.63) is 30.1 Å². The maximum absolute atomic E-state index is 11.4. The highest BCUT2D eigenvalue weighted by molar-refractivity contribution is 5.77. The highest BCUT2D eigenvalue weighted by atomic mass is 16.1. The number of para-hydroxylation sites is 2. The van der Waals surface area contributed by atoms with Crippen LogP contribution in [0.15, 0.2) is 24.3 Å². The van der Waals surface area contributed by atoms with E-state index in [1.54, 1.807) is 0 Å². The maximum atomic E-state index is 11.4. The predicted octanol–water partition coefficient (Wildman–Crippen LogP) is 2.16. The van der Waals surface area contributed by atoms with Gasteiger partial charge in [-0.2, -0.15) is 0 Å². The summed E-state index contributed by atoms with van der Waals surface area (Å²) in [5, 5.41) is 2.93. The minimum absolute atomic E-state index is 0.0459. The molecule has 0 aliphatic rings. The van der Waals surface area contributed by atoms with Gasteiger partial charge in [0.25, 0.3) is 0 Å². The quantitative estimate of drug-likeness (QED) is 0.880. The second-order valence-electron chi connectivity index (χ2n) is 4.16. The Morgan fingerprint density at radius 2 is 2.18 bits per heavy atom. The lowest BCUT2D eigenvalue weighted by Gasteiger charge is -2.13. The average Bonchev–Trinajstić information content (AvgIpc) is 2.67. The van der Waals surface area contributed by atoms with Gasteiger partial charge in [0.1, 0.15) is 5.82 Å². The summed E-state index contributed by atoms with van der Waals surface area (Å²) in [6.07, 6.45) is 0.494. The van der Waals surface area contributed by atoms with Crippen LogP contribution in [-0.4, -0.2) is 15.5 Å². The number of nitrogens with one attached hydrogen (secondary N) is 1. The first-order valence-electron chi connectivity index (χ1n) is 5.84. The zero-order valence-electron chi connectivity index (χ0n) is 10.4. The lowest BCUT2D eigenvalue weighted by atomic mass is 10.3. The number of imidazole rings is 1. The number of fused-ring (bicyclic) bond motifs is 1. The Kier molecular flexibility index (Phi) is 3.13. The number of rotatable bonds is 3. The largest absolute Gasteiger partial charge is 0.346 e. The second kappa shape index (κ2) is 4.57. The SMILES string of the molecule is CCC(=O)N[C@H](C)c1nc2ccccc2n1C. The third-order valence-electron chi connectivity index (χ3n) is 2.91. The van der Waals surface area contributed by atoms with Crippen LogP contribution in [0.25, 0.3) is 11.0 Å². The van der Waals surface area contributed by atoms with Crippen molar-refractivity contribution in [2.45, 2.75) is 26.3 Å². The van der Waals surface area contributed by atoms with Crippen LogP contribution in [0.3, 0.4) is 0 Å². The molecule has 0 radical (unpaired) electrons. The fourth-order valence-electron chi connectivity index (χ4n) is 1.96. The summed E-state index contributed by atoms with van der Waals surface area (Å²) in [7, 11) is 1.97. The van der Waals surface area contributed by atoms with Crippen LogP contribution in [0.4, 0.5) is 0 Å². The first-order valence-corrected chi connectivity index (χ1v) is 5.84. The van der Waals surface area contributed by atoms with Gasteiger partial charge < -0.3 is 9.88 Å². The molecule has 0 saturated carbocycles. The van der Waals surface area contributed by atoms with Crippen LogP contribution >= 0.6 is 0 Å². The zero-order chi connectivity index (χ0) is 12.4. The van der Waals surface area contributed by atoms with Crippen molar-refractivity contribution in [2.75, 3.05) is 0 Å². The molecule has 0 fully saturated rings. The van der Waals surface area contributed by atoms with E-state index in [0.717, 1.165) is 16.9 Å². The number of hydrogen-bond acceptors (Lipinski definition) is 2. The molecule has 4 nitrogen and oxygen atoms in total. The van der Waals surface area contributed by atoms with Gasteiger partial charge in [-0.15, -0.1) is 0 Å². The van der Waals surface area contributed by atoms with Gasteiger partial charge in [0, 0.05) is 13.5 Å². The molecule has 1 amide bonds. The van der Waals surface area contributed by atoms with Crippen molar-refractivity contribution in [1.29, 1.82) is 0 Å². The lowest BCUT2D eigenvalue weighted by molar-refractivity contribution is -0.121. The van der Waals surface area contributed by atoms with Crippen LogP contribution < -0.4 is 5.32 Å². The number of aryl methyl sites for hydroxylation is 1. The monoisotopic (exact) mass is 231 g/mol. The molecule has 1 aromatic heterocycles. The summed E-state index contributed by atoms with van der Waals surface area (Å²) in [6, 6.07) is 7.89. The Bertz CT molecular complexity index is 545. The van der Waals surface area contributed by atoms with E-state index in [-0.39, 0.29) is 11.9 Å². The number of aromatic nitrogens is 2. The summed E-state index contributed by atoms with van der Waals surface area (Å²) in [6.45, 7) is 3.80. The molecule has 0 saturated heterocycles. The molecule has 1 atom stereocenters. The van der Waals surface area contributed by atoms with Crippen molar-refractivity contribution in [3.8, 4) is 0 Å². The Morgan fingerprint density at radius 3 is 2.82 bits per heavy atom. The topological polar surface area (TPSA) is 46.9 Å². The Labute approximate surface area is 101 Å². The van der Waals surface area contributed by atoms with Crippen LogP contribution in [-0.2, 0) is 11.8 Å². The number of hydrogen-bond donors (Lipinski definition) is 1. The molecule has 17 heavy (non-hydrogen) atoms. The fourth-order valence-corrected chi connectivity index (χ4v) is 1.96. The molecule has 0 aliphatic heterocycles. The third kappa shape index (κ3) is 2.16. The average molecular weight is 231 g/mol. The molecule has 90 valence electrons. The van der Waals surface area contributed by atoms with Gasteiger partial charge >= 0.3 is 0 Å². The van der Waals surface area contributed by atoms with E-state index in [0.29, 0.717) is 6.42 Å². The van der Waals surface area contributed by atoms with Crippen LogP contribution in [0.5, 0.6) is 0 Å². The number of carbonyl (C=O) groups excluding carboxylic acids is 1. The molecule has 0 bridgehead atoms. The summed E-state index contributed by atoms with van der Waals surface area (Å²) in [5.74, 6) is 0.928. The first-order chi connectivity index (χ1) is 8.13. The van der Waals surface area contributed by atoms with E-state index in [1.807, 2.05) is 49.7 Å². The van der Waals surface area contributed by atoms with Gasteiger partial charge in [0.05, 0.1) is 17.1 Å². The minimum atomic E-state index is -0.0696. The maximum Gasteiger partial charge on any atom is 0.220 e. The summed E-state index contributed by atoms with van der Waals surface area (Å²) >= 11 is 0. The van der Waals surface area contributed by atoms with Gasteiger partial charge in [-0.1, -0.05) is 19.1 Å². The van der Waals surface area contributed by atoms with E-state index in [2.05, 4.69) is 10.3 Å². The van der Waals surface area contributed by atoms with Gasteiger partial charge in [0.15, 0.2) is 0 Å². The number of benzene rings is 1. The molecule has 1 N–H and O–H groups in total. The molecule has 2 rings (SSSR count). The summed E-state index contributed by atoms with van der Waals surface area (Å²) in [5.41, 5.74) is 2.04. The highest BCUT2D eigenvalue weighted by Crippen LogP contribution is 2.18.